The average Bonchev–Trinajstić information content (AvgIpc) is 2.14. The van der Waals surface area contributed by atoms with Crippen LogP contribution in [0.1, 0.15) is 25.7 Å². The van der Waals surface area contributed by atoms with E-state index in [0.717, 1.165) is 0 Å². The summed E-state index contributed by atoms with van der Waals surface area (Å²) < 4.78 is 56.1. The van der Waals surface area contributed by atoms with Gasteiger partial charge >= 0.3 is 10.4 Å². The Morgan fingerprint density at radius 3 is 2.12 bits per heavy atom. The van der Waals surface area contributed by atoms with Crippen LogP contribution in [0.5, 0.6) is 0 Å². The van der Waals surface area contributed by atoms with Crippen molar-refractivity contribution in [2.24, 2.45) is 9.69 Å². The zero-order valence-corrected chi connectivity index (χ0v) is 10.2. The Bertz CT molecular complexity index is 462. The van der Waals surface area contributed by atoms with Gasteiger partial charge in [-0.3, -0.25) is 4.55 Å². The molecule has 0 bridgehead atoms. The topological polar surface area (TPSA) is 83.8 Å². The van der Waals surface area contributed by atoms with Crippen molar-refractivity contribution in [2.45, 2.75) is 30.9 Å². The van der Waals surface area contributed by atoms with Crippen LogP contribution in [0.15, 0.2) is 16.4 Å². The van der Waals surface area contributed by atoms with Crippen molar-refractivity contribution in [1.82, 2.24) is 0 Å². The molecular weight excluding hydrogens is 257 g/mol. The van der Waals surface area contributed by atoms with Gasteiger partial charge in [-0.25, -0.2) is 8.42 Å². The fourth-order valence-corrected chi connectivity index (χ4v) is 4.19. The molecule has 0 aromatic carbocycles. The average molecular weight is 271 g/mol. The lowest BCUT2D eigenvalue weighted by Gasteiger charge is -2.24. The molecule has 5 nitrogen and oxygen atoms in total. The Balaban J connectivity index is 2.81. The molecule has 1 atom stereocenters. The van der Waals surface area contributed by atoms with Crippen molar-refractivity contribution in [2.75, 3.05) is 0 Å². The van der Waals surface area contributed by atoms with Gasteiger partial charge in [0.25, 0.3) is 10.0 Å². The summed E-state index contributed by atoms with van der Waals surface area (Å²) in [5, 5.41) is -0.854. The van der Waals surface area contributed by atoms with E-state index in [9.17, 15) is 16.5 Å². The van der Waals surface area contributed by atoms with Crippen LogP contribution in [0, 0.1) is 5.92 Å². The van der Waals surface area contributed by atoms with Crippen LogP contribution in [0.4, 0.5) is 3.89 Å². The minimum atomic E-state index is -5.08. The molecule has 1 unspecified atom stereocenters. The lowest BCUT2D eigenvalue weighted by molar-refractivity contribution is 0.414. The Morgan fingerprint density at radius 2 is 1.75 bits per heavy atom. The zero-order chi connectivity index (χ0) is 12.4. The molecule has 0 radical (unpaired) electrons. The Morgan fingerprint density at radius 1 is 1.25 bits per heavy atom. The maximum atomic E-state index is 12.3. The summed E-state index contributed by atoms with van der Waals surface area (Å²) in [5.41, 5.74) is 0. The third-order valence-corrected chi connectivity index (χ3v) is 5.55. The maximum absolute atomic E-state index is 12.3. The van der Waals surface area contributed by atoms with E-state index in [-0.39, 0.29) is 5.92 Å². The fourth-order valence-electron chi connectivity index (χ4n) is 1.81. The van der Waals surface area contributed by atoms with E-state index in [0.29, 0.717) is 25.7 Å². The molecule has 0 saturated heterocycles. The van der Waals surface area contributed by atoms with Gasteiger partial charge < -0.3 is 0 Å². The highest BCUT2D eigenvalue weighted by atomic mass is 32.3. The quantitative estimate of drug-likeness (QED) is 0.627. The van der Waals surface area contributed by atoms with Gasteiger partial charge in [0.05, 0.1) is 5.25 Å². The summed E-state index contributed by atoms with van der Waals surface area (Å²) in [6, 6.07) is 0. The van der Waals surface area contributed by atoms with Crippen LogP contribution in [0.25, 0.3) is 0 Å². The van der Waals surface area contributed by atoms with Crippen molar-refractivity contribution in [3.63, 3.8) is 0 Å². The predicted molar refractivity (Wildman–Crippen MR) is 59.2 cm³/mol. The summed E-state index contributed by atoms with van der Waals surface area (Å²) in [6.07, 6.45) is 3.64. The second-order valence-corrected chi connectivity index (χ2v) is 6.95. The molecule has 1 saturated carbocycles. The summed E-state index contributed by atoms with van der Waals surface area (Å²) in [7, 11) is -9.27. The first-order valence-electron chi connectivity index (χ1n) is 4.81. The first kappa shape index (κ1) is 13.6. The first-order chi connectivity index (χ1) is 7.24. The molecule has 1 aliphatic rings. The maximum Gasteiger partial charge on any atom is 0.342 e. The highest BCUT2D eigenvalue weighted by Crippen LogP contribution is 2.30. The molecule has 1 N–H and O–H groups in total. The van der Waals surface area contributed by atoms with E-state index < -0.39 is 25.7 Å². The minimum Gasteiger partial charge on any atom is -0.275 e. The van der Waals surface area contributed by atoms with Crippen LogP contribution in [-0.4, -0.2) is 22.4 Å². The molecule has 16 heavy (non-hydrogen) atoms. The van der Waals surface area contributed by atoms with E-state index in [1.54, 1.807) is 6.08 Å². The van der Waals surface area contributed by atoms with Crippen molar-refractivity contribution in [3.05, 3.63) is 12.7 Å². The van der Waals surface area contributed by atoms with E-state index in [1.807, 2.05) is 0 Å². The Kier molecular flexibility index (Phi) is 4.08. The normalized spacial score (nSPS) is 30.4. The van der Waals surface area contributed by atoms with Gasteiger partial charge in [-0.1, -0.05) is 13.7 Å². The predicted octanol–water partition coefficient (Wildman–Crippen LogP) is 1.89. The van der Waals surface area contributed by atoms with Crippen molar-refractivity contribution in [1.29, 1.82) is 0 Å². The lowest BCUT2D eigenvalue weighted by Crippen LogP contribution is -2.25. The highest BCUT2D eigenvalue weighted by molar-refractivity contribution is 7.98. The van der Waals surface area contributed by atoms with Crippen LogP contribution in [-0.2, 0) is 20.4 Å². The molecule has 0 amide bonds. The van der Waals surface area contributed by atoms with E-state index >= 15 is 0 Å². The largest absolute Gasteiger partial charge is 0.342 e. The second-order valence-electron chi connectivity index (χ2n) is 3.79. The number of hydrogen-bond acceptors (Lipinski definition) is 3. The van der Waals surface area contributed by atoms with Gasteiger partial charge in [0.15, 0.2) is 0 Å². The van der Waals surface area contributed by atoms with E-state index in [4.69, 9.17) is 4.55 Å². The van der Waals surface area contributed by atoms with Crippen molar-refractivity contribution >= 4 is 20.4 Å². The van der Waals surface area contributed by atoms with Gasteiger partial charge in [-0.15, -0.1) is 6.58 Å². The van der Waals surface area contributed by atoms with Crippen LogP contribution in [0.2, 0.25) is 0 Å². The second kappa shape index (κ2) is 4.80. The zero-order valence-electron chi connectivity index (χ0n) is 8.58. The molecule has 0 spiro atoms. The molecule has 0 aromatic rings. The number of rotatable bonds is 3. The Hall–Kier alpha value is -0.470. The summed E-state index contributed by atoms with van der Waals surface area (Å²) in [6.45, 7) is 3.61. The van der Waals surface area contributed by atoms with Gasteiger partial charge in [-0.05, 0) is 31.6 Å². The molecule has 1 fully saturated rings. The van der Waals surface area contributed by atoms with Gasteiger partial charge in [0.1, 0.15) is 0 Å². The number of hydrogen-bond donors (Lipinski definition) is 1. The third-order valence-electron chi connectivity index (χ3n) is 2.67. The van der Waals surface area contributed by atoms with Crippen LogP contribution >= 0.6 is 0 Å². The standard InChI is InChI=1S/C8H14FNO4S2/c1-2-7-3-5-8(6-4-7)15(11,12)10-16(9,13)14/h2,7-8H,1,3-6H2,(H,10,13,14). The van der Waals surface area contributed by atoms with E-state index in [2.05, 4.69) is 10.3 Å². The van der Waals surface area contributed by atoms with Crippen molar-refractivity contribution < 1.29 is 21.1 Å². The summed E-state index contributed by atoms with van der Waals surface area (Å²) in [4.78, 5) is 0. The number of sulfonamides is 1. The number of nitrogens with zero attached hydrogens (tertiary/aromatic N) is 1. The van der Waals surface area contributed by atoms with Crippen LogP contribution < -0.4 is 0 Å². The SMILES string of the molecule is C=CC1CCC(S(=O)(=O)N=S(=O)(O)F)CC1. The molecule has 0 heterocycles. The molecule has 94 valence electrons. The number of halogens is 1. The lowest BCUT2D eigenvalue weighted by atomic mass is 9.89. The minimum absolute atomic E-state index is 0.260. The Labute approximate surface area is 95.1 Å². The van der Waals surface area contributed by atoms with Crippen molar-refractivity contribution in [3.8, 4) is 0 Å². The summed E-state index contributed by atoms with van der Waals surface area (Å²) in [5.74, 6) is 0.260. The first-order valence-corrected chi connectivity index (χ1v) is 7.69. The molecule has 1 aliphatic carbocycles. The molecule has 0 aromatic heterocycles. The number of allylic oxidation sites excluding steroid dienone is 1. The van der Waals surface area contributed by atoms with Gasteiger partial charge in [0.2, 0.25) is 0 Å². The molecule has 1 rings (SSSR count). The highest BCUT2D eigenvalue weighted by Gasteiger charge is 2.31. The van der Waals surface area contributed by atoms with Crippen LogP contribution in [0.3, 0.4) is 0 Å². The smallest absolute Gasteiger partial charge is 0.275 e. The monoisotopic (exact) mass is 271 g/mol. The molecule has 0 aliphatic heterocycles. The van der Waals surface area contributed by atoms with E-state index in [1.165, 1.54) is 0 Å². The summed E-state index contributed by atoms with van der Waals surface area (Å²) >= 11 is 0. The van der Waals surface area contributed by atoms with Gasteiger partial charge in [-0.2, -0.15) is 4.21 Å². The fraction of sp³-hybridized carbons (Fsp3) is 0.750. The molecular formula is C8H14FNO4S2. The molecule has 8 heteroatoms. The third kappa shape index (κ3) is 3.84. The van der Waals surface area contributed by atoms with Gasteiger partial charge in [0, 0.05) is 0 Å².